The minimum Gasteiger partial charge on any atom is -0.484 e. The van der Waals surface area contributed by atoms with Crippen LogP contribution in [0.3, 0.4) is 0 Å². The molecule has 6 atom stereocenters. The second kappa shape index (κ2) is 12.5. The summed E-state index contributed by atoms with van der Waals surface area (Å²) in [4.78, 5) is 31.8. The lowest BCUT2D eigenvalue weighted by Gasteiger charge is -2.58. The zero-order valence-electron chi connectivity index (χ0n) is 23.9. The van der Waals surface area contributed by atoms with Gasteiger partial charge in [0.15, 0.2) is 11.7 Å². The number of ether oxygens (including phenoxy) is 1. The molecular formula is C30H43N3O6S. The van der Waals surface area contributed by atoms with Crippen LogP contribution in [0.25, 0.3) is 0 Å². The quantitative estimate of drug-likeness (QED) is 0.277. The lowest BCUT2D eigenvalue weighted by atomic mass is 9.47. The van der Waals surface area contributed by atoms with E-state index in [1.54, 1.807) is 12.1 Å². The normalized spacial score (nSPS) is 28.4. The van der Waals surface area contributed by atoms with E-state index in [2.05, 4.69) is 17.6 Å². The molecule has 4 rings (SSSR count). The van der Waals surface area contributed by atoms with E-state index in [4.69, 9.17) is 9.72 Å². The topological polar surface area (TPSA) is 141 Å². The van der Waals surface area contributed by atoms with E-state index in [0.717, 1.165) is 10.6 Å². The van der Waals surface area contributed by atoms with Gasteiger partial charge in [0.05, 0.1) is 31.1 Å². The summed E-state index contributed by atoms with van der Waals surface area (Å²) in [5.41, 5.74) is -0.347. The smallest absolute Gasteiger partial charge is 0.264 e. The average Bonchev–Trinajstić information content (AvgIpc) is 3.32. The predicted octanol–water partition coefficient (Wildman–Crippen LogP) is 3.49. The Hall–Kier alpha value is -2.53. The summed E-state index contributed by atoms with van der Waals surface area (Å²) < 4.78 is 5.57. The molecule has 2 amide bonds. The SMILES string of the molecule is CC(C)CC(CO)NC(=O)CC1c2nc(NC(=O)COc3ccccc3)sc2CC2C(C)(CO)C(O)CCC12C. The van der Waals surface area contributed by atoms with Crippen molar-refractivity contribution >= 4 is 28.3 Å². The number of aliphatic hydroxyl groups is 3. The standard InChI is InChI=1S/C30H43N3O6S/c1-18(2)12-19(15-34)31-25(37)13-21-27-22(14-23-29(21,3)11-10-24(36)30(23,4)17-35)40-28(33-27)32-26(38)16-39-20-8-6-5-7-9-20/h5-9,18-19,21,23-24,34-36H,10-17H2,1-4H3,(H,31,37)(H,32,33,38). The maximum absolute atomic E-state index is 13.4. The maximum Gasteiger partial charge on any atom is 0.264 e. The Morgan fingerprint density at radius 2 is 1.90 bits per heavy atom. The van der Waals surface area contributed by atoms with Crippen LogP contribution in [-0.4, -0.2) is 64.1 Å². The molecule has 0 spiro atoms. The van der Waals surface area contributed by atoms with Crippen LogP contribution >= 0.6 is 11.3 Å². The molecule has 0 bridgehead atoms. The average molecular weight is 574 g/mol. The first-order valence-corrected chi connectivity index (χ1v) is 15.0. The van der Waals surface area contributed by atoms with Crippen molar-refractivity contribution in [3.05, 3.63) is 40.9 Å². The van der Waals surface area contributed by atoms with E-state index in [0.29, 0.717) is 42.5 Å². The van der Waals surface area contributed by atoms with Crippen molar-refractivity contribution < 1.29 is 29.6 Å². The molecule has 220 valence electrons. The lowest BCUT2D eigenvalue weighted by Crippen LogP contribution is -2.58. The van der Waals surface area contributed by atoms with E-state index in [1.807, 2.05) is 39.0 Å². The number of thiazole rings is 1. The Kier molecular flexibility index (Phi) is 9.55. The number of nitrogens with zero attached hydrogens (tertiary/aromatic N) is 1. The van der Waals surface area contributed by atoms with Crippen LogP contribution in [0.5, 0.6) is 5.75 Å². The van der Waals surface area contributed by atoms with Crippen molar-refractivity contribution in [1.82, 2.24) is 10.3 Å². The van der Waals surface area contributed by atoms with Crippen LogP contribution in [-0.2, 0) is 16.0 Å². The summed E-state index contributed by atoms with van der Waals surface area (Å²) in [5.74, 6) is 0.0578. The molecule has 2 aliphatic carbocycles. The number of fused-ring (bicyclic) bond motifs is 2. The molecule has 1 aromatic carbocycles. The summed E-state index contributed by atoms with van der Waals surface area (Å²) in [7, 11) is 0. The van der Waals surface area contributed by atoms with Gasteiger partial charge in [0.2, 0.25) is 5.91 Å². The summed E-state index contributed by atoms with van der Waals surface area (Å²) in [6.07, 6.45) is 1.99. The molecule has 1 heterocycles. The molecule has 10 heteroatoms. The van der Waals surface area contributed by atoms with Crippen LogP contribution in [0.2, 0.25) is 0 Å². The number of benzene rings is 1. The van der Waals surface area contributed by atoms with Crippen molar-refractivity contribution in [3.8, 4) is 5.75 Å². The van der Waals surface area contributed by atoms with Crippen LogP contribution in [0.15, 0.2) is 30.3 Å². The molecular weight excluding hydrogens is 530 g/mol. The van der Waals surface area contributed by atoms with Gasteiger partial charge in [0.1, 0.15) is 5.75 Å². The molecule has 1 fully saturated rings. The van der Waals surface area contributed by atoms with Gasteiger partial charge in [-0.25, -0.2) is 4.98 Å². The third-order valence-electron chi connectivity index (χ3n) is 8.98. The third-order valence-corrected chi connectivity index (χ3v) is 9.99. The highest BCUT2D eigenvalue weighted by atomic mass is 32.1. The van der Waals surface area contributed by atoms with Crippen molar-refractivity contribution in [2.75, 3.05) is 25.1 Å². The van der Waals surface area contributed by atoms with Gasteiger partial charge < -0.3 is 25.4 Å². The number of hydrogen-bond donors (Lipinski definition) is 5. The molecule has 2 aliphatic rings. The second-order valence-corrected chi connectivity index (χ2v) is 13.4. The van der Waals surface area contributed by atoms with E-state index >= 15 is 0 Å². The van der Waals surface area contributed by atoms with Gasteiger partial charge in [-0.3, -0.25) is 14.9 Å². The highest BCUT2D eigenvalue weighted by Crippen LogP contribution is 2.62. The Bertz CT molecular complexity index is 1170. The van der Waals surface area contributed by atoms with Gasteiger partial charge in [0, 0.05) is 22.6 Å². The largest absolute Gasteiger partial charge is 0.484 e. The summed E-state index contributed by atoms with van der Waals surface area (Å²) in [6.45, 7) is 7.71. The number of amides is 2. The zero-order chi connectivity index (χ0) is 29.1. The molecule has 6 unspecified atom stereocenters. The molecule has 2 aromatic rings. The predicted molar refractivity (Wildman–Crippen MR) is 154 cm³/mol. The van der Waals surface area contributed by atoms with Crippen LogP contribution in [0.1, 0.15) is 69.9 Å². The molecule has 0 radical (unpaired) electrons. The van der Waals surface area contributed by atoms with Gasteiger partial charge >= 0.3 is 0 Å². The number of nitrogens with one attached hydrogen (secondary N) is 2. The van der Waals surface area contributed by atoms with Crippen molar-refractivity contribution in [3.63, 3.8) is 0 Å². The van der Waals surface area contributed by atoms with Crippen LogP contribution in [0.4, 0.5) is 5.13 Å². The number of para-hydroxylation sites is 1. The van der Waals surface area contributed by atoms with E-state index in [-0.39, 0.29) is 55.9 Å². The maximum atomic E-state index is 13.4. The number of anilines is 1. The van der Waals surface area contributed by atoms with Gasteiger partial charge in [-0.1, -0.05) is 45.9 Å². The first-order valence-electron chi connectivity index (χ1n) is 14.2. The number of carbonyl (C=O) groups excluding carboxylic acids is 2. The minimum absolute atomic E-state index is 0.0891. The van der Waals surface area contributed by atoms with Gasteiger partial charge in [-0.15, -0.1) is 11.3 Å². The van der Waals surface area contributed by atoms with E-state index in [9.17, 15) is 24.9 Å². The first kappa shape index (κ1) is 30.4. The van der Waals surface area contributed by atoms with Crippen LogP contribution < -0.4 is 15.4 Å². The fraction of sp³-hybridized carbons (Fsp3) is 0.633. The van der Waals surface area contributed by atoms with E-state index < -0.39 is 16.9 Å². The fourth-order valence-corrected chi connectivity index (χ4v) is 7.83. The number of aliphatic hydroxyl groups excluding tert-OH is 3. The highest BCUT2D eigenvalue weighted by Gasteiger charge is 2.59. The molecule has 0 saturated heterocycles. The van der Waals surface area contributed by atoms with Crippen molar-refractivity contribution in [2.45, 2.75) is 77.9 Å². The van der Waals surface area contributed by atoms with Crippen molar-refractivity contribution in [2.24, 2.45) is 22.7 Å². The number of carbonyl (C=O) groups is 2. The first-order chi connectivity index (χ1) is 19.0. The number of hydrogen-bond acceptors (Lipinski definition) is 8. The molecule has 0 aliphatic heterocycles. The summed E-state index contributed by atoms with van der Waals surface area (Å²) in [5, 5.41) is 37.5. The van der Waals surface area contributed by atoms with Gasteiger partial charge in [-0.05, 0) is 55.1 Å². The molecule has 9 nitrogen and oxygen atoms in total. The molecule has 40 heavy (non-hydrogen) atoms. The zero-order valence-corrected chi connectivity index (χ0v) is 24.7. The van der Waals surface area contributed by atoms with Gasteiger partial charge in [0.25, 0.3) is 5.91 Å². The monoisotopic (exact) mass is 573 g/mol. The Morgan fingerprint density at radius 1 is 1.18 bits per heavy atom. The highest BCUT2D eigenvalue weighted by molar-refractivity contribution is 7.15. The van der Waals surface area contributed by atoms with Gasteiger partial charge in [-0.2, -0.15) is 0 Å². The summed E-state index contributed by atoms with van der Waals surface area (Å²) >= 11 is 1.38. The summed E-state index contributed by atoms with van der Waals surface area (Å²) in [6, 6.07) is 8.77. The number of aromatic nitrogens is 1. The third kappa shape index (κ3) is 6.35. The minimum atomic E-state index is -0.735. The lowest BCUT2D eigenvalue weighted by molar-refractivity contribution is -0.144. The molecule has 1 saturated carbocycles. The number of rotatable bonds is 11. The molecule has 1 aromatic heterocycles. The Morgan fingerprint density at radius 3 is 2.55 bits per heavy atom. The Balaban J connectivity index is 1.59. The Labute approximate surface area is 240 Å². The fourth-order valence-electron chi connectivity index (χ4n) is 6.74. The molecule has 5 N–H and O–H groups in total. The second-order valence-electron chi connectivity index (χ2n) is 12.3. The van der Waals surface area contributed by atoms with E-state index in [1.165, 1.54) is 11.3 Å². The van der Waals surface area contributed by atoms with Crippen LogP contribution in [0, 0.1) is 22.7 Å². The van der Waals surface area contributed by atoms with Crippen molar-refractivity contribution in [1.29, 1.82) is 0 Å².